The third-order valence-electron chi connectivity index (χ3n) is 6.42. The van der Waals surface area contributed by atoms with Gasteiger partial charge in [-0.25, -0.2) is 0 Å². The number of rotatable bonds is 5. The predicted molar refractivity (Wildman–Crippen MR) is 135 cm³/mol. The molecule has 34 heavy (non-hydrogen) atoms. The minimum atomic E-state index is -0.103. The van der Waals surface area contributed by atoms with Gasteiger partial charge in [-0.15, -0.1) is 0 Å². The Morgan fingerprint density at radius 2 is 1.53 bits per heavy atom. The molecule has 1 N–H and O–H groups in total. The van der Waals surface area contributed by atoms with Crippen LogP contribution < -0.4 is 10.2 Å². The molecule has 0 fully saturated rings. The SMILES string of the molecule is Cc1ccc(C)n1-c1ccc(C(=O)NCc2ccc3c(c2)CCN3C(=O)c2ccccc2)cc1. The van der Waals surface area contributed by atoms with Crippen molar-refractivity contribution in [1.29, 1.82) is 0 Å². The first-order valence-corrected chi connectivity index (χ1v) is 11.5. The number of benzene rings is 3. The Labute approximate surface area is 199 Å². The average molecular weight is 450 g/mol. The number of fused-ring (bicyclic) bond motifs is 1. The number of hydrogen-bond acceptors (Lipinski definition) is 2. The van der Waals surface area contributed by atoms with E-state index < -0.39 is 0 Å². The second kappa shape index (κ2) is 9.02. The number of aromatic nitrogens is 1. The van der Waals surface area contributed by atoms with E-state index in [-0.39, 0.29) is 11.8 Å². The molecule has 0 saturated heterocycles. The summed E-state index contributed by atoms with van der Waals surface area (Å²) in [6.45, 7) is 5.25. The molecule has 5 nitrogen and oxygen atoms in total. The number of anilines is 1. The van der Waals surface area contributed by atoms with E-state index in [4.69, 9.17) is 0 Å². The molecule has 0 atom stereocenters. The highest BCUT2D eigenvalue weighted by Gasteiger charge is 2.25. The van der Waals surface area contributed by atoms with Crippen LogP contribution in [0.1, 0.15) is 43.2 Å². The second-order valence-corrected chi connectivity index (χ2v) is 8.72. The Bertz CT molecular complexity index is 1330. The molecule has 2 heterocycles. The molecule has 170 valence electrons. The van der Waals surface area contributed by atoms with Gasteiger partial charge in [0.15, 0.2) is 0 Å². The Kier molecular flexibility index (Phi) is 5.76. The molecule has 5 rings (SSSR count). The van der Waals surface area contributed by atoms with E-state index in [2.05, 4.69) is 41.9 Å². The van der Waals surface area contributed by atoms with Crippen LogP contribution in [0.2, 0.25) is 0 Å². The first kappa shape index (κ1) is 21.7. The fourth-order valence-corrected chi connectivity index (χ4v) is 4.63. The number of hydrogen-bond donors (Lipinski definition) is 1. The molecule has 2 amide bonds. The zero-order valence-electron chi connectivity index (χ0n) is 19.4. The molecule has 1 aliphatic heterocycles. The topological polar surface area (TPSA) is 54.3 Å². The van der Waals surface area contributed by atoms with Crippen LogP contribution in [-0.4, -0.2) is 22.9 Å². The zero-order valence-corrected chi connectivity index (χ0v) is 19.4. The molecule has 0 bridgehead atoms. The van der Waals surface area contributed by atoms with Gasteiger partial charge in [-0.3, -0.25) is 9.59 Å². The standard InChI is InChI=1S/C29H27N3O2/c1-20-8-9-21(2)32(20)26-13-11-23(12-14-26)28(33)30-19-22-10-15-27-25(18-22)16-17-31(27)29(34)24-6-4-3-5-7-24/h3-15,18H,16-17,19H2,1-2H3,(H,30,33). The van der Waals surface area contributed by atoms with Gasteiger partial charge in [-0.1, -0.05) is 30.3 Å². The van der Waals surface area contributed by atoms with Crippen LogP contribution in [0.4, 0.5) is 5.69 Å². The predicted octanol–water partition coefficient (Wildman–Crippen LogP) is 5.23. The van der Waals surface area contributed by atoms with E-state index in [0.29, 0.717) is 24.2 Å². The first-order chi connectivity index (χ1) is 16.5. The molecule has 0 unspecified atom stereocenters. The fraction of sp³-hybridized carbons (Fsp3) is 0.172. The largest absolute Gasteiger partial charge is 0.348 e. The number of carbonyl (C=O) groups is 2. The lowest BCUT2D eigenvalue weighted by Crippen LogP contribution is -2.28. The number of carbonyl (C=O) groups excluding carboxylic acids is 2. The summed E-state index contributed by atoms with van der Waals surface area (Å²) < 4.78 is 2.16. The summed E-state index contributed by atoms with van der Waals surface area (Å²) in [6.07, 6.45) is 0.815. The lowest BCUT2D eigenvalue weighted by Gasteiger charge is -2.17. The van der Waals surface area contributed by atoms with Crippen LogP contribution in [0.3, 0.4) is 0 Å². The molecule has 1 aromatic heterocycles. The molecule has 1 aliphatic rings. The van der Waals surface area contributed by atoms with Crippen molar-refractivity contribution in [3.8, 4) is 5.69 Å². The summed E-state index contributed by atoms with van der Waals surface area (Å²) in [5.74, 6) is -0.0805. The highest BCUT2D eigenvalue weighted by molar-refractivity contribution is 6.07. The molecule has 3 aromatic carbocycles. The van der Waals surface area contributed by atoms with Gasteiger partial charge in [0, 0.05) is 47.0 Å². The van der Waals surface area contributed by atoms with Crippen molar-refractivity contribution in [2.75, 3.05) is 11.4 Å². The van der Waals surface area contributed by atoms with Crippen LogP contribution in [0.5, 0.6) is 0 Å². The van der Waals surface area contributed by atoms with E-state index in [0.717, 1.165) is 40.3 Å². The Morgan fingerprint density at radius 1 is 0.824 bits per heavy atom. The smallest absolute Gasteiger partial charge is 0.258 e. The number of nitrogens with zero attached hydrogens (tertiary/aromatic N) is 2. The maximum atomic E-state index is 12.9. The Morgan fingerprint density at radius 3 is 2.24 bits per heavy atom. The van der Waals surface area contributed by atoms with E-state index in [1.54, 1.807) is 0 Å². The molecule has 5 heteroatoms. The van der Waals surface area contributed by atoms with Crippen LogP contribution in [0.25, 0.3) is 5.69 Å². The van der Waals surface area contributed by atoms with Crippen molar-refractivity contribution in [2.24, 2.45) is 0 Å². The Balaban J connectivity index is 1.24. The summed E-state index contributed by atoms with van der Waals surface area (Å²) in [5, 5.41) is 3.02. The van der Waals surface area contributed by atoms with E-state index in [1.165, 1.54) is 0 Å². The van der Waals surface area contributed by atoms with Crippen molar-refractivity contribution in [1.82, 2.24) is 9.88 Å². The molecule has 0 saturated carbocycles. The lowest BCUT2D eigenvalue weighted by atomic mass is 10.1. The third-order valence-corrected chi connectivity index (χ3v) is 6.42. The summed E-state index contributed by atoms with van der Waals surface area (Å²) in [7, 11) is 0. The molecule has 0 spiro atoms. The average Bonchev–Trinajstić information content (AvgIpc) is 3.44. The van der Waals surface area contributed by atoms with Gasteiger partial charge in [0.2, 0.25) is 0 Å². The highest BCUT2D eigenvalue weighted by atomic mass is 16.2. The minimum absolute atomic E-state index is 0.0224. The van der Waals surface area contributed by atoms with Gasteiger partial charge in [0.05, 0.1) is 0 Å². The highest BCUT2D eigenvalue weighted by Crippen LogP contribution is 2.30. The van der Waals surface area contributed by atoms with Gasteiger partial charge in [0.25, 0.3) is 11.8 Å². The number of amides is 2. The van der Waals surface area contributed by atoms with Gasteiger partial charge < -0.3 is 14.8 Å². The van der Waals surface area contributed by atoms with Crippen molar-refractivity contribution < 1.29 is 9.59 Å². The monoisotopic (exact) mass is 449 g/mol. The molecule has 0 radical (unpaired) electrons. The first-order valence-electron chi connectivity index (χ1n) is 11.5. The second-order valence-electron chi connectivity index (χ2n) is 8.72. The van der Waals surface area contributed by atoms with Gasteiger partial charge >= 0.3 is 0 Å². The summed E-state index contributed by atoms with van der Waals surface area (Å²) in [6, 6.07) is 27.3. The van der Waals surface area contributed by atoms with Gasteiger partial charge in [-0.05, 0) is 86.0 Å². The minimum Gasteiger partial charge on any atom is -0.348 e. The van der Waals surface area contributed by atoms with Crippen molar-refractivity contribution in [2.45, 2.75) is 26.8 Å². The lowest BCUT2D eigenvalue weighted by molar-refractivity contribution is 0.0949. The van der Waals surface area contributed by atoms with E-state index in [9.17, 15) is 9.59 Å². The zero-order chi connectivity index (χ0) is 23.7. The normalized spacial score (nSPS) is 12.5. The van der Waals surface area contributed by atoms with Crippen LogP contribution in [0.15, 0.2) is 84.9 Å². The van der Waals surface area contributed by atoms with Crippen LogP contribution >= 0.6 is 0 Å². The van der Waals surface area contributed by atoms with E-state index >= 15 is 0 Å². The van der Waals surface area contributed by atoms with Crippen LogP contribution in [-0.2, 0) is 13.0 Å². The van der Waals surface area contributed by atoms with Gasteiger partial charge in [-0.2, -0.15) is 0 Å². The van der Waals surface area contributed by atoms with E-state index in [1.807, 2.05) is 71.6 Å². The molecular weight excluding hydrogens is 422 g/mol. The number of aryl methyl sites for hydroxylation is 2. The fourth-order valence-electron chi connectivity index (χ4n) is 4.63. The van der Waals surface area contributed by atoms with Crippen molar-refractivity contribution >= 4 is 17.5 Å². The Hall–Kier alpha value is -4.12. The molecule has 0 aliphatic carbocycles. The molecular formula is C29H27N3O2. The summed E-state index contributed by atoms with van der Waals surface area (Å²) >= 11 is 0. The van der Waals surface area contributed by atoms with Crippen molar-refractivity contribution in [3.05, 3.63) is 119 Å². The number of nitrogens with one attached hydrogen (secondary N) is 1. The molecule has 4 aromatic rings. The van der Waals surface area contributed by atoms with Crippen LogP contribution in [0, 0.1) is 13.8 Å². The third kappa shape index (κ3) is 4.13. The maximum absolute atomic E-state index is 12.9. The van der Waals surface area contributed by atoms with Crippen molar-refractivity contribution in [3.63, 3.8) is 0 Å². The maximum Gasteiger partial charge on any atom is 0.258 e. The summed E-state index contributed by atoms with van der Waals surface area (Å²) in [4.78, 5) is 27.4. The summed E-state index contributed by atoms with van der Waals surface area (Å²) in [5.41, 5.74) is 7.81. The quantitative estimate of drug-likeness (QED) is 0.454. The van der Waals surface area contributed by atoms with Gasteiger partial charge in [0.1, 0.15) is 0 Å².